The Morgan fingerprint density at radius 1 is 1.35 bits per heavy atom. The van der Waals surface area contributed by atoms with Gasteiger partial charge in [-0.25, -0.2) is 15.8 Å². The van der Waals surface area contributed by atoms with Crippen LogP contribution in [-0.4, -0.2) is 9.97 Å². The highest BCUT2D eigenvalue weighted by Gasteiger charge is 2.28. The van der Waals surface area contributed by atoms with Crippen LogP contribution in [0.2, 0.25) is 0 Å². The quantitative estimate of drug-likeness (QED) is 0.498. The van der Waals surface area contributed by atoms with Crippen molar-refractivity contribution in [3.05, 3.63) is 40.1 Å². The Labute approximate surface area is 130 Å². The molecule has 0 aliphatic heterocycles. The molecule has 0 unspecified atom stereocenters. The molecule has 20 heavy (non-hydrogen) atoms. The molecule has 0 spiro atoms. The number of halogens is 1. The smallest absolute Gasteiger partial charge is 0.147 e. The molecule has 0 saturated heterocycles. The number of hydrogen-bond acceptors (Lipinski definition) is 5. The van der Waals surface area contributed by atoms with E-state index in [0.717, 1.165) is 31.6 Å². The highest BCUT2D eigenvalue weighted by Crippen LogP contribution is 2.41. The molecular formula is C14H15BrN4S. The second-order valence-corrected chi connectivity index (χ2v) is 6.82. The number of benzene rings is 1. The van der Waals surface area contributed by atoms with E-state index < -0.39 is 0 Å². The van der Waals surface area contributed by atoms with E-state index in [1.807, 2.05) is 19.1 Å². The van der Waals surface area contributed by atoms with Crippen molar-refractivity contribution in [2.24, 2.45) is 5.84 Å². The fourth-order valence-electron chi connectivity index (χ4n) is 1.92. The maximum atomic E-state index is 5.57. The summed E-state index contributed by atoms with van der Waals surface area (Å²) in [7, 11) is 0. The number of nitrogen functional groups attached to an aromatic ring is 1. The maximum absolute atomic E-state index is 5.57. The first-order chi connectivity index (χ1) is 9.67. The molecule has 1 saturated carbocycles. The van der Waals surface area contributed by atoms with Gasteiger partial charge in [-0.3, -0.25) is 0 Å². The van der Waals surface area contributed by atoms with Gasteiger partial charge < -0.3 is 5.43 Å². The van der Waals surface area contributed by atoms with Crippen LogP contribution in [0.3, 0.4) is 0 Å². The first-order valence-electron chi connectivity index (χ1n) is 6.46. The summed E-state index contributed by atoms with van der Waals surface area (Å²) in [5, 5.41) is 0.966. The predicted octanol–water partition coefficient (Wildman–Crippen LogP) is 3.86. The molecule has 1 heterocycles. The fraction of sp³-hybridized carbons (Fsp3) is 0.286. The number of hydrazine groups is 1. The minimum Gasteiger partial charge on any atom is -0.308 e. The van der Waals surface area contributed by atoms with Crippen molar-refractivity contribution in [1.29, 1.82) is 0 Å². The lowest BCUT2D eigenvalue weighted by Gasteiger charge is -2.11. The van der Waals surface area contributed by atoms with Gasteiger partial charge in [0, 0.05) is 20.8 Å². The Morgan fingerprint density at radius 2 is 2.15 bits per heavy atom. The van der Waals surface area contributed by atoms with Crippen LogP contribution < -0.4 is 11.3 Å². The standard InChI is InChI=1S/C14H15BrN4S/c1-8-12(19-16)17-13(9-5-6-9)18-14(8)20-11-4-2-3-10(15)7-11/h2-4,7,9H,5-6,16H2,1H3,(H,17,18,19). The van der Waals surface area contributed by atoms with Gasteiger partial charge in [0.25, 0.3) is 0 Å². The maximum Gasteiger partial charge on any atom is 0.147 e. The SMILES string of the molecule is Cc1c(NN)nc(C2CC2)nc1Sc1cccc(Br)c1. The van der Waals surface area contributed by atoms with E-state index in [0.29, 0.717) is 5.92 Å². The summed E-state index contributed by atoms with van der Waals surface area (Å²) >= 11 is 5.13. The minimum atomic E-state index is 0.504. The number of anilines is 1. The van der Waals surface area contributed by atoms with Gasteiger partial charge in [0.1, 0.15) is 16.7 Å². The molecule has 1 aromatic heterocycles. The summed E-state index contributed by atoms with van der Waals surface area (Å²) in [6.07, 6.45) is 2.35. The molecule has 6 heteroatoms. The number of aromatic nitrogens is 2. The Hall–Kier alpha value is -1.11. The van der Waals surface area contributed by atoms with Gasteiger partial charge >= 0.3 is 0 Å². The van der Waals surface area contributed by atoms with Gasteiger partial charge in [0.2, 0.25) is 0 Å². The van der Waals surface area contributed by atoms with Crippen LogP contribution in [0.15, 0.2) is 38.7 Å². The molecule has 0 atom stereocenters. The molecule has 0 amide bonds. The average molecular weight is 351 g/mol. The molecule has 1 aliphatic carbocycles. The van der Waals surface area contributed by atoms with Crippen molar-refractivity contribution in [1.82, 2.24) is 9.97 Å². The molecule has 3 rings (SSSR count). The predicted molar refractivity (Wildman–Crippen MR) is 84.8 cm³/mol. The number of hydrogen-bond donors (Lipinski definition) is 2. The number of nitrogens with zero attached hydrogens (tertiary/aromatic N) is 2. The Morgan fingerprint density at radius 3 is 2.80 bits per heavy atom. The van der Waals surface area contributed by atoms with Crippen LogP contribution in [0.5, 0.6) is 0 Å². The summed E-state index contributed by atoms with van der Waals surface area (Å²) in [5.74, 6) is 7.70. The number of nitrogens with two attached hydrogens (primary N) is 1. The Bertz CT molecular complexity index is 643. The van der Waals surface area contributed by atoms with E-state index in [1.165, 1.54) is 12.8 Å². The monoisotopic (exact) mass is 350 g/mol. The molecule has 3 N–H and O–H groups in total. The zero-order valence-electron chi connectivity index (χ0n) is 11.1. The third kappa shape index (κ3) is 2.97. The minimum absolute atomic E-state index is 0.504. The molecule has 1 aromatic carbocycles. The van der Waals surface area contributed by atoms with Crippen molar-refractivity contribution in [3.8, 4) is 0 Å². The van der Waals surface area contributed by atoms with Crippen molar-refractivity contribution in [2.75, 3.05) is 5.43 Å². The van der Waals surface area contributed by atoms with Gasteiger partial charge in [-0.05, 0) is 38.0 Å². The van der Waals surface area contributed by atoms with Crippen molar-refractivity contribution in [2.45, 2.75) is 35.6 Å². The molecule has 1 aliphatic rings. The molecule has 4 nitrogen and oxygen atoms in total. The first-order valence-corrected chi connectivity index (χ1v) is 8.07. The topological polar surface area (TPSA) is 63.8 Å². The number of rotatable bonds is 4. The van der Waals surface area contributed by atoms with Crippen LogP contribution in [0, 0.1) is 6.92 Å². The van der Waals surface area contributed by atoms with E-state index in [4.69, 9.17) is 10.8 Å². The zero-order valence-corrected chi connectivity index (χ0v) is 13.5. The summed E-state index contributed by atoms with van der Waals surface area (Å²) < 4.78 is 1.06. The van der Waals surface area contributed by atoms with Crippen LogP contribution in [0.25, 0.3) is 0 Å². The van der Waals surface area contributed by atoms with Crippen molar-refractivity contribution in [3.63, 3.8) is 0 Å². The number of nitrogens with one attached hydrogen (secondary N) is 1. The lowest BCUT2D eigenvalue weighted by atomic mass is 10.3. The van der Waals surface area contributed by atoms with Crippen molar-refractivity contribution >= 4 is 33.5 Å². The van der Waals surface area contributed by atoms with Gasteiger partial charge in [-0.1, -0.05) is 33.8 Å². The van der Waals surface area contributed by atoms with Crippen molar-refractivity contribution < 1.29 is 0 Å². The summed E-state index contributed by atoms with van der Waals surface area (Å²) in [6, 6.07) is 8.19. The third-order valence-electron chi connectivity index (χ3n) is 3.21. The summed E-state index contributed by atoms with van der Waals surface area (Å²) in [5.41, 5.74) is 3.67. The molecule has 104 valence electrons. The highest BCUT2D eigenvalue weighted by molar-refractivity contribution is 9.10. The van der Waals surface area contributed by atoms with Crippen LogP contribution >= 0.6 is 27.7 Å². The van der Waals surface area contributed by atoms with Gasteiger partial charge in [0.05, 0.1) is 0 Å². The van der Waals surface area contributed by atoms with Gasteiger partial charge in [-0.2, -0.15) is 0 Å². The first kappa shape index (κ1) is 13.9. The lowest BCUT2D eigenvalue weighted by Crippen LogP contribution is -2.13. The normalized spacial score (nSPS) is 14.3. The Kier molecular flexibility index (Phi) is 3.96. The van der Waals surface area contributed by atoms with E-state index in [2.05, 4.69) is 38.5 Å². The van der Waals surface area contributed by atoms with Crippen LogP contribution in [-0.2, 0) is 0 Å². The lowest BCUT2D eigenvalue weighted by molar-refractivity contribution is 0.862. The molecule has 1 fully saturated rings. The third-order valence-corrected chi connectivity index (χ3v) is 4.78. The fourth-order valence-corrected chi connectivity index (χ4v) is 3.41. The second kappa shape index (κ2) is 5.71. The van der Waals surface area contributed by atoms with E-state index >= 15 is 0 Å². The van der Waals surface area contributed by atoms with E-state index in [1.54, 1.807) is 11.8 Å². The molecular weight excluding hydrogens is 336 g/mol. The largest absolute Gasteiger partial charge is 0.308 e. The second-order valence-electron chi connectivity index (χ2n) is 4.84. The molecule has 0 radical (unpaired) electrons. The van der Waals surface area contributed by atoms with Crippen LogP contribution in [0.4, 0.5) is 5.82 Å². The summed E-state index contributed by atoms with van der Waals surface area (Å²) in [4.78, 5) is 10.4. The average Bonchev–Trinajstić information content (AvgIpc) is 3.25. The van der Waals surface area contributed by atoms with Gasteiger partial charge in [0.15, 0.2) is 0 Å². The highest BCUT2D eigenvalue weighted by atomic mass is 79.9. The summed E-state index contributed by atoms with van der Waals surface area (Å²) in [6.45, 7) is 1.99. The van der Waals surface area contributed by atoms with E-state index in [-0.39, 0.29) is 0 Å². The molecule has 0 bridgehead atoms. The Balaban J connectivity index is 1.97. The van der Waals surface area contributed by atoms with Crippen LogP contribution in [0.1, 0.15) is 30.1 Å². The molecule has 2 aromatic rings. The van der Waals surface area contributed by atoms with E-state index in [9.17, 15) is 0 Å². The zero-order chi connectivity index (χ0) is 14.1. The van der Waals surface area contributed by atoms with Gasteiger partial charge in [-0.15, -0.1) is 0 Å².